The van der Waals surface area contributed by atoms with E-state index >= 15 is 0 Å². The van der Waals surface area contributed by atoms with Gasteiger partial charge >= 0.3 is 0 Å². The Bertz CT molecular complexity index is 1450. The van der Waals surface area contributed by atoms with Crippen LogP contribution in [0.4, 0.5) is 11.4 Å². The monoisotopic (exact) mass is 506 g/mol. The molecule has 2 aromatic heterocycles. The molecule has 12 nitrogen and oxygen atoms in total. The fraction of sp³-hybridized carbons (Fsp3) is 0.280. The van der Waals surface area contributed by atoms with Gasteiger partial charge in [-0.2, -0.15) is 0 Å². The molecule has 0 unspecified atom stereocenters. The van der Waals surface area contributed by atoms with Crippen molar-refractivity contribution in [1.29, 1.82) is 0 Å². The zero-order valence-corrected chi connectivity index (χ0v) is 20.8. The van der Waals surface area contributed by atoms with Gasteiger partial charge in [-0.3, -0.25) is 9.59 Å². The lowest BCUT2D eigenvalue weighted by molar-refractivity contribution is -0.119. The van der Waals surface area contributed by atoms with Crippen molar-refractivity contribution in [3.05, 3.63) is 36.4 Å². The standard InChI is InChI=1S/C25H26N6O6/c1-30-18-10-8-14(36-3)12-16(18)22(24(30)34)28-26-20(32)6-5-7-21(33)27-29-23-17-13-15(37-4)9-11-19(17)31(2)25(23)35/h8-13,34-35H,5-7H2,1-4H3. The van der Waals surface area contributed by atoms with E-state index in [1.807, 2.05) is 0 Å². The topological polar surface area (TPSA) is 152 Å². The number of hydrogen-bond acceptors (Lipinski definition) is 8. The number of azo groups is 2. The van der Waals surface area contributed by atoms with Crippen molar-refractivity contribution in [2.45, 2.75) is 19.3 Å². The summed E-state index contributed by atoms with van der Waals surface area (Å²) in [7, 11) is 6.38. The molecule has 2 heterocycles. The van der Waals surface area contributed by atoms with Crippen LogP contribution in [0.1, 0.15) is 19.3 Å². The first kappa shape index (κ1) is 25.4. The predicted molar refractivity (Wildman–Crippen MR) is 135 cm³/mol. The summed E-state index contributed by atoms with van der Waals surface area (Å²) in [5, 5.41) is 37.2. The Hall–Kier alpha value is -4.74. The zero-order chi connectivity index (χ0) is 26.7. The third-order valence-corrected chi connectivity index (χ3v) is 6.00. The van der Waals surface area contributed by atoms with Gasteiger partial charge in [-0.15, -0.1) is 20.5 Å². The lowest BCUT2D eigenvalue weighted by atomic mass is 10.2. The third-order valence-electron chi connectivity index (χ3n) is 6.00. The molecule has 0 atom stereocenters. The van der Waals surface area contributed by atoms with Crippen LogP contribution in [-0.2, 0) is 23.7 Å². The van der Waals surface area contributed by atoms with Gasteiger partial charge < -0.3 is 28.8 Å². The highest BCUT2D eigenvalue weighted by Crippen LogP contribution is 2.40. The van der Waals surface area contributed by atoms with Crippen LogP contribution in [0, 0.1) is 0 Å². The molecule has 0 saturated heterocycles. The van der Waals surface area contributed by atoms with Gasteiger partial charge in [-0.25, -0.2) is 0 Å². The van der Waals surface area contributed by atoms with Crippen molar-refractivity contribution < 1.29 is 29.3 Å². The van der Waals surface area contributed by atoms with Crippen LogP contribution in [0.15, 0.2) is 56.9 Å². The van der Waals surface area contributed by atoms with Crippen LogP contribution in [-0.4, -0.2) is 45.4 Å². The largest absolute Gasteiger partial charge is 0.497 e. The Labute approximate surface area is 211 Å². The van der Waals surface area contributed by atoms with Crippen molar-refractivity contribution in [1.82, 2.24) is 9.13 Å². The van der Waals surface area contributed by atoms with Crippen LogP contribution in [0.5, 0.6) is 23.3 Å². The highest BCUT2D eigenvalue weighted by molar-refractivity contribution is 5.97. The van der Waals surface area contributed by atoms with E-state index in [0.29, 0.717) is 33.3 Å². The Morgan fingerprint density at radius 2 is 1.16 bits per heavy atom. The molecule has 4 aromatic rings. The number of hydrogen-bond donors (Lipinski definition) is 2. The molecule has 0 bridgehead atoms. The van der Waals surface area contributed by atoms with Crippen molar-refractivity contribution in [2.75, 3.05) is 14.2 Å². The second-order valence-electron chi connectivity index (χ2n) is 8.27. The van der Waals surface area contributed by atoms with E-state index in [2.05, 4.69) is 20.5 Å². The minimum absolute atomic E-state index is 0.0453. The van der Waals surface area contributed by atoms with Gasteiger partial charge in [0, 0.05) is 37.7 Å². The smallest absolute Gasteiger partial charge is 0.264 e. The molecule has 0 aliphatic rings. The molecule has 12 heteroatoms. The van der Waals surface area contributed by atoms with Crippen molar-refractivity contribution >= 4 is 45.0 Å². The Kier molecular flexibility index (Phi) is 7.18. The van der Waals surface area contributed by atoms with E-state index < -0.39 is 11.8 Å². The summed E-state index contributed by atoms with van der Waals surface area (Å²) in [6, 6.07) is 10.4. The zero-order valence-electron chi connectivity index (χ0n) is 20.8. The lowest BCUT2D eigenvalue weighted by Gasteiger charge is -2.00. The van der Waals surface area contributed by atoms with Gasteiger partial charge in [0.05, 0.1) is 25.3 Å². The van der Waals surface area contributed by atoms with Gasteiger partial charge in [-0.1, -0.05) is 0 Å². The fourth-order valence-corrected chi connectivity index (χ4v) is 3.93. The SMILES string of the molecule is COc1ccc2c(c1)c(N=NC(=O)CCCC(=O)N=Nc1c(O)n(C)c3ccc(OC)cc13)c(O)n2C. The number of benzene rings is 2. The Morgan fingerprint density at radius 1 is 0.757 bits per heavy atom. The molecule has 0 aliphatic heterocycles. The number of rotatable bonds is 8. The number of amides is 2. The summed E-state index contributed by atoms with van der Waals surface area (Å²) in [6.07, 6.45) is 0.0903. The van der Waals surface area contributed by atoms with E-state index in [1.165, 1.54) is 23.4 Å². The minimum Gasteiger partial charge on any atom is -0.497 e. The first-order valence-corrected chi connectivity index (χ1v) is 11.3. The lowest BCUT2D eigenvalue weighted by Crippen LogP contribution is -1.96. The molecule has 2 amide bonds. The molecule has 0 fully saturated rings. The van der Waals surface area contributed by atoms with Gasteiger partial charge in [0.2, 0.25) is 11.8 Å². The first-order valence-electron chi connectivity index (χ1n) is 11.3. The van der Waals surface area contributed by atoms with E-state index in [1.54, 1.807) is 50.5 Å². The quantitative estimate of drug-likeness (QED) is 0.314. The molecule has 192 valence electrons. The number of nitrogens with zero attached hydrogens (tertiary/aromatic N) is 6. The molecule has 0 spiro atoms. The fourth-order valence-electron chi connectivity index (χ4n) is 3.93. The molecule has 2 aromatic carbocycles. The van der Waals surface area contributed by atoms with Gasteiger partial charge in [-0.05, 0) is 42.8 Å². The number of carbonyl (C=O) groups is 2. The highest BCUT2D eigenvalue weighted by Gasteiger charge is 2.17. The van der Waals surface area contributed by atoms with Gasteiger partial charge in [0.1, 0.15) is 11.5 Å². The molecular formula is C25H26N6O6. The summed E-state index contributed by atoms with van der Waals surface area (Å²) in [5.41, 5.74) is 1.71. The molecule has 37 heavy (non-hydrogen) atoms. The number of carbonyl (C=O) groups excluding carboxylic acids is 2. The van der Waals surface area contributed by atoms with Crippen molar-refractivity contribution in [3.63, 3.8) is 0 Å². The highest BCUT2D eigenvalue weighted by atomic mass is 16.5. The van der Waals surface area contributed by atoms with Crippen molar-refractivity contribution in [2.24, 2.45) is 34.6 Å². The maximum Gasteiger partial charge on any atom is 0.264 e. The van der Waals surface area contributed by atoms with E-state index in [-0.39, 0.29) is 42.4 Å². The molecule has 2 N–H and O–H groups in total. The van der Waals surface area contributed by atoms with Crippen LogP contribution >= 0.6 is 0 Å². The maximum atomic E-state index is 12.2. The maximum absolute atomic E-state index is 12.2. The van der Waals surface area contributed by atoms with Crippen LogP contribution in [0.3, 0.4) is 0 Å². The third kappa shape index (κ3) is 4.99. The van der Waals surface area contributed by atoms with Crippen LogP contribution < -0.4 is 9.47 Å². The summed E-state index contributed by atoms with van der Waals surface area (Å²) in [4.78, 5) is 24.4. The normalized spacial score (nSPS) is 11.8. The van der Waals surface area contributed by atoms with Crippen LogP contribution in [0.25, 0.3) is 21.8 Å². The second-order valence-corrected chi connectivity index (χ2v) is 8.27. The Morgan fingerprint density at radius 3 is 1.54 bits per heavy atom. The number of aromatic hydroxyl groups is 2. The number of methoxy groups -OCH3 is 2. The average molecular weight is 507 g/mol. The van der Waals surface area contributed by atoms with Crippen LogP contribution in [0.2, 0.25) is 0 Å². The molecule has 0 radical (unpaired) electrons. The Balaban J connectivity index is 1.38. The minimum atomic E-state index is -0.553. The van der Waals surface area contributed by atoms with E-state index in [9.17, 15) is 19.8 Å². The molecular weight excluding hydrogens is 480 g/mol. The van der Waals surface area contributed by atoms with E-state index in [4.69, 9.17) is 9.47 Å². The number of aromatic nitrogens is 2. The van der Waals surface area contributed by atoms with Gasteiger partial charge in [0.25, 0.3) is 11.8 Å². The molecule has 0 saturated carbocycles. The number of fused-ring (bicyclic) bond motifs is 2. The number of ether oxygens (including phenoxy) is 2. The van der Waals surface area contributed by atoms with Crippen molar-refractivity contribution in [3.8, 4) is 23.3 Å². The average Bonchev–Trinajstić information content (AvgIpc) is 3.29. The summed E-state index contributed by atoms with van der Waals surface area (Å²) >= 11 is 0. The summed E-state index contributed by atoms with van der Waals surface area (Å²) in [5.74, 6) is -0.228. The predicted octanol–water partition coefficient (Wildman–Crippen LogP) is 5.19. The molecule has 0 aliphatic carbocycles. The molecule has 4 rings (SSSR count). The van der Waals surface area contributed by atoms with Gasteiger partial charge in [0.15, 0.2) is 11.4 Å². The summed E-state index contributed by atoms with van der Waals surface area (Å²) < 4.78 is 13.5. The van der Waals surface area contributed by atoms with E-state index in [0.717, 1.165) is 0 Å². The summed E-state index contributed by atoms with van der Waals surface area (Å²) in [6.45, 7) is 0. The second kappa shape index (κ2) is 10.5. The number of aryl methyl sites for hydroxylation is 2. The first-order chi connectivity index (χ1) is 17.7.